The fourth-order valence-electron chi connectivity index (χ4n) is 16.9. The van der Waals surface area contributed by atoms with Crippen LogP contribution in [0.5, 0.6) is 0 Å². The molecule has 0 heterocycles. The van der Waals surface area contributed by atoms with Crippen molar-refractivity contribution in [2.24, 2.45) is 0 Å². The lowest BCUT2D eigenvalue weighted by Crippen LogP contribution is -1.87. The molecule has 578 valence electrons. The van der Waals surface area contributed by atoms with Crippen molar-refractivity contribution in [2.45, 2.75) is 55.4 Å². The fraction of sp³-hybridized carbons (Fsp3) is 0.0667. The van der Waals surface area contributed by atoms with Crippen LogP contribution in [-0.4, -0.2) is 0 Å². The second kappa shape index (κ2) is 37.1. The van der Waals surface area contributed by atoms with Gasteiger partial charge in [0, 0.05) is 0 Å². The topological polar surface area (TPSA) is 0 Å². The summed E-state index contributed by atoms with van der Waals surface area (Å²) in [6.07, 6.45) is 0. The Morgan fingerprint density at radius 3 is 1.00 bits per heavy atom. The predicted molar refractivity (Wildman–Crippen MR) is 528 cm³/mol. The zero-order valence-corrected chi connectivity index (χ0v) is 69.7. The van der Waals surface area contributed by atoms with Crippen molar-refractivity contribution in [3.63, 3.8) is 0 Å². The quantitative estimate of drug-likeness (QED) is 0.151. The summed E-state index contributed by atoms with van der Waals surface area (Å²) in [5.41, 5.74) is 15.8. The van der Waals surface area contributed by atoms with E-state index in [1.54, 1.807) is 0 Å². The molecule has 0 atom stereocenters. The summed E-state index contributed by atoms with van der Waals surface area (Å²) in [6, 6.07) is 159. The summed E-state index contributed by atoms with van der Waals surface area (Å²) < 4.78 is 0. The Morgan fingerprint density at radius 1 is 0.117 bits per heavy atom. The molecule has 0 saturated heterocycles. The molecule has 0 radical (unpaired) electrons. The van der Waals surface area contributed by atoms with Crippen LogP contribution in [0.4, 0.5) is 0 Å². The Bertz CT molecular complexity index is 7490. The third-order valence-corrected chi connectivity index (χ3v) is 23.0. The molecule has 23 aromatic rings. The van der Waals surface area contributed by atoms with Crippen molar-refractivity contribution in [2.75, 3.05) is 0 Å². The zero-order chi connectivity index (χ0) is 82.3. The average molecular weight is 1540 g/mol. The molecule has 0 N–H and O–H groups in total. The van der Waals surface area contributed by atoms with E-state index in [0.29, 0.717) is 0 Å². The van der Waals surface area contributed by atoms with Crippen LogP contribution in [0.1, 0.15) is 44.5 Å². The number of aryl methyl sites for hydroxylation is 8. The molecule has 0 fully saturated rings. The van der Waals surface area contributed by atoms with E-state index in [0.717, 1.165) is 0 Å². The number of hydrogen-bond acceptors (Lipinski definition) is 0. The number of hydrogen-bond donors (Lipinski definition) is 0. The van der Waals surface area contributed by atoms with E-state index in [4.69, 9.17) is 0 Å². The van der Waals surface area contributed by atoms with Gasteiger partial charge in [0.15, 0.2) is 0 Å². The van der Waals surface area contributed by atoms with Gasteiger partial charge in [-0.25, -0.2) is 0 Å². The lowest BCUT2D eigenvalue weighted by molar-refractivity contribution is 1.46. The van der Waals surface area contributed by atoms with Gasteiger partial charge in [0.25, 0.3) is 0 Å². The molecular formula is C120H98. The molecule has 0 aromatic heterocycles. The van der Waals surface area contributed by atoms with Crippen LogP contribution in [-0.2, 0) is 0 Å². The molecule has 0 aliphatic carbocycles. The molecule has 0 spiro atoms. The highest BCUT2D eigenvalue weighted by Crippen LogP contribution is 2.38. The Balaban J connectivity index is 0.000000103. The van der Waals surface area contributed by atoms with Gasteiger partial charge in [0.05, 0.1) is 0 Å². The minimum Gasteiger partial charge on any atom is -0.0622 e. The summed E-state index contributed by atoms with van der Waals surface area (Å²) in [6.45, 7) is 17.2. The van der Waals surface area contributed by atoms with Gasteiger partial charge < -0.3 is 0 Å². The normalized spacial score (nSPS) is 10.8. The number of rotatable bonds is 2. The molecule has 0 aliphatic rings. The van der Waals surface area contributed by atoms with Gasteiger partial charge in [-0.15, -0.1) is 0 Å². The predicted octanol–water partition coefficient (Wildman–Crippen LogP) is 34.3. The molecule has 0 unspecified atom stereocenters. The van der Waals surface area contributed by atoms with Crippen molar-refractivity contribution in [3.05, 3.63) is 493 Å². The van der Waals surface area contributed by atoms with Gasteiger partial charge in [0.1, 0.15) is 0 Å². The van der Waals surface area contributed by atoms with Crippen LogP contribution < -0.4 is 0 Å². The molecule has 0 nitrogen and oxygen atoms in total. The highest BCUT2D eigenvalue weighted by Gasteiger charge is 2.12. The molecule has 0 bridgehead atoms. The van der Waals surface area contributed by atoms with Crippen LogP contribution in [0.3, 0.4) is 0 Å². The Hall–Kier alpha value is -14.6. The summed E-state index contributed by atoms with van der Waals surface area (Å²) >= 11 is 0. The first-order chi connectivity index (χ1) is 58.8. The molecular weight excluding hydrogens is 1440 g/mol. The maximum atomic E-state index is 2.30. The Morgan fingerprint density at radius 2 is 0.417 bits per heavy atom. The minimum absolute atomic E-state index is 1.27. The van der Waals surface area contributed by atoms with Crippen molar-refractivity contribution in [1.29, 1.82) is 0 Å². The van der Waals surface area contributed by atoms with E-state index >= 15 is 0 Å². The number of fused-ring (bicyclic) bond motifs is 20. The van der Waals surface area contributed by atoms with E-state index in [1.807, 2.05) is 0 Å². The first kappa shape index (κ1) is 79.3. The first-order valence-electron chi connectivity index (χ1n) is 41.8. The molecule has 23 rings (SSSR count). The first-order valence-corrected chi connectivity index (χ1v) is 41.8. The van der Waals surface area contributed by atoms with E-state index in [2.05, 4.69) is 504 Å². The molecule has 23 aromatic carbocycles. The van der Waals surface area contributed by atoms with Crippen LogP contribution in [0.2, 0.25) is 0 Å². The largest absolute Gasteiger partial charge is 0.0622 e. The number of benzene rings is 23. The lowest BCUT2D eigenvalue weighted by atomic mass is 9.92. The van der Waals surface area contributed by atoms with E-state index in [1.165, 1.54) is 207 Å². The second-order valence-corrected chi connectivity index (χ2v) is 31.5. The van der Waals surface area contributed by atoms with Gasteiger partial charge in [-0.05, 0) is 240 Å². The maximum absolute atomic E-state index is 2.30. The van der Waals surface area contributed by atoms with Crippen LogP contribution in [0.15, 0.2) is 449 Å². The maximum Gasteiger partial charge on any atom is -0.00761 e. The minimum atomic E-state index is 1.27. The molecule has 0 heteroatoms. The fourth-order valence-corrected chi connectivity index (χ4v) is 16.9. The summed E-state index contributed by atoms with van der Waals surface area (Å²) in [7, 11) is 0. The standard InChI is InChI=1S/C19H14.C19H16.4C15H12.2C11H10/c1-13-10-11-18-16-8-3-2-6-14(16)15-7-4-5-9-17(15)19(18)12-13;1-15-9-5-6-12-17(15)19-14-8-7-13-18(19)16-10-3-2-4-11-16;1-11-5-4-7-13-10-9-12-6-2-3-8-14(12)15(11)13;1-11-10-12-6-2-3-8-14(12)15-9-5-4-7-13(11)15;1-11-6-9-15-13(10-11)8-7-12-4-2-3-5-14(12)15;1-11-6-7-13-9-8-12-4-2-3-5-14(12)15(13)10-11;1-9-5-4-7-10-6-2-3-8-11(9)10;1-9-6-7-10-4-2-3-5-11(10)8-9/h2-12H,1H3;2-14H,1H3;4*2-10H,1H3;2*2-8H,1H3. The third-order valence-electron chi connectivity index (χ3n) is 23.0. The Kier molecular flexibility index (Phi) is 24.5. The highest BCUT2D eigenvalue weighted by molar-refractivity contribution is 6.25. The van der Waals surface area contributed by atoms with Crippen molar-refractivity contribution in [1.82, 2.24) is 0 Å². The van der Waals surface area contributed by atoms with Gasteiger partial charge in [0.2, 0.25) is 0 Å². The zero-order valence-electron chi connectivity index (χ0n) is 69.7. The molecule has 0 saturated carbocycles. The smallest absolute Gasteiger partial charge is 0.00761 e. The summed E-state index contributed by atoms with van der Waals surface area (Å²) in [5.74, 6) is 0. The van der Waals surface area contributed by atoms with Gasteiger partial charge in [-0.1, -0.05) is 471 Å². The van der Waals surface area contributed by atoms with E-state index in [9.17, 15) is 0 Å². The average Bonchev–Trinajstić information content (AvgIpc) is 0.751. The van der Waals surface area contributed by atoms with Gasteiger partial charge in [-0.2, -0.15) is 0 Å². The molecule has 0 amide bonds. The van der Waals surface area contributed by atoms with Gasteiger partial charge in [-0.3, -0.25) is 0 Å². The van der Waals surface area contributed by atoms with Crippen molar-refractivity contribution >= 4 is 140 Å². The van der Waals surface area contributed by atoms with Crippen LogP contribution >= 0.6 is 0 Å². The van der Waals surface area contributed by atoms with Crippen LogP contribution in [0, 0.1) is 55.4 Å². The summed E-state index contributed by atoms with van der Waals surface area (Å²) in [5, 5.41) is 34.8. The summed E-state index contributed by atoms with van der Waals surface area (Å²) in [4.78, 5) is 0. The van der Waals surface area contributed by atoms with E-state index < -0.39 is 0 Å². The monoisotopic (exact) mass is 1540 g/mol. The molecule has 120 heavy (non-hydrogen) atoms. The SMILES string of the molecule is Cc1cc2ccccc2c2ccccc12.Cc1ccc2c(ccc3ccccc32)c1.Cc1ccc2c3ccccc3c3ccccc3c2c1.Cc1ccc2ccc3ccccc3c2c1.Cc1ccc2ccccc2c1.Cc1cccc2ccc3ccccc3c12.Cc1cccc2ccccc12.Cc1ccccc1-c1ccccc1-c1ccccc1. The third kappa shape index (κ3) is 18.0. The second-order valence-electron chi connectivity index (χ2n) is 31.5. The lowest BCUT2D eigenvalue weighted by Gasteiger charge is -2.12. The van der Waals surface area contributed by atoms with Crippen LogP contribution in [0.25, 0.3) is 162 Å². The molecule has 0 aliphatic heterocycles. The Labute approximate surface area is 706 Å². The van der Waals surface area contributed by atoms with Crippen molar-refractivity contribution < 1.29 is 0 Å². The highest BCUT2D eigenvalue weighted by atomic mass is 14.2. The van der Waals surface area contributed by atoms with Crippen molar-refractivity contribution in [3.8, 4) is 22.3 Å². The van der Waals surface area contributed by atoms with Gasteiger partial charge >= 0.3 is 0 Å². The van der Waals surface area contributed by atoms with E-state index in [-0.39, 0.29) is 0 Å².